The van der Waals surface area contributed by atoms with Gasteiger partial charge in [-0.2, -0.15) is 0 Å². The van der Waals surface area contributed by atoms with Crippen molar-refractivity contribution in [3.8, 4) is 11.5 Å². The lowest BCUT2D eigenvalue weighted by atomic mass is 10.0. The van der Waals surface area contributed by atoms with Gasteiger partial charge in [-0.1, -0.05) is 53.5 Å². The van der Waals surface area contributed by atoms with Gasteiger partial charge in [0.1, 0.15) is 12.6 Å². The zero-order chi connectivity index (χ0) is 24.8. The lowest BCUT2D eigenvalue weighted by Crippen LogP contribution is -2.38. The third-order valence-electron chi connectivity index (χ3n) is 5.59. The first kappa shape index (κ1) is 24.9. The number of rotatable bonds is 11. The molecule has 1 heterocycles. The minimum Gasteiger partial charge on any atom is -0.490 e. The SMILES string of the molecule is CCOc1cc(CNC(Cc2c[nH]c3ccccc23)C(=O)O)cc(Cl)c1OCc1cccc(Cl)c1. The summed E-state index contributed by atoms with van der Waals surface area (Å²) in [5.41, 5.74) is 3.62. The molecule has 0 radical (unpaired) electrons. The van der Waals surface area contributed by atoms with Crippen molar-refractivity contribution >= 4 is 40.1 Å². The summed E-state index contributed by atoms with van der Waals surface area (Å²) in [6.45, 7) is 2.89. The van der Waals surface area contributed by atoms with Gasteiger partial charge in [0, 0.05) is 35.1 Å². The average molecular weight is 513 g/mol. The average Bonchev–Trinajstić information content (AvgIpc) is 3.24. The highest BCUT2D eigenvalue weighted by molar-refractivity contribution is 6.32. The second kappa shape index (κ2) is 11.5. The van der Waals surface area contributed by atoms with E-state index in [0.717, 1.165) is 27.6 Å². The van der Waals surface area contributed by atoms with E-state index in [4.69, 9.17) is 32.7 Å². The summed E-state index contributed by atoms with van der Waals surface area (Å²) >= 11 is 12.6. The molecule has 3 N–H and O–H groups in total. The van der Waals surface area contributed by atoms with E-state index in [-0.39, 0.29) is 6.61 Å². The molecule has 8 heteroatoms. The summed E-state index contributed by atoms with van der Waals surface area (Å²) in [6, 6.07) is 18.0. The summed E-state index contributed by atoms with van der Waals surface area (Å²) in [5.74, 6) is 0.0148. The van der Waals surface area contributed by atoms with Gasteiger partial charge in [0.15, 0.2) is 11.5 Å². The molecule has 0 fully saturated rings. The highest BCUT2D eigenvalue weighted by Gasteiger charge is 2.20. The van der Waals surface area contributed by atoms with Crippen LogP contribution in [0.15, 0.2) is 66.9 Å². The Morgan fingerprint density at radius 1 is 1.06 bits per heavy atom. The van der Waals surface area contributed by atoms with E-state index >= 15 is 0 Å². The number of aromatic nitrogens is 1. The molecule has 3 aromatic carbocycles. The maximum Gasteiger partial charge on any atom is 0.321 e. The number of hydrogen-bond donors (Lipinski definition) is 3. The van der Waals surface area contributed by atoms with Crippen LogP contribution in [0.5, 0.6) is 11.5 Å². The number of fused-ring (bicyclic) bond motifs is 1. The maximum absolute atomic E-state index is 12.0. The Morgan fingerprint density at radius 3 is 2.66 bits per heavy atom. The Labute approximate surface area is 213 Å². The Morgan fingerprint density at radius 2 is 1.89 bits per heavy atom. The first-order chi connectivity index (χ1) is 16.9. The molecule has 0 aliphatic rings. The van der Waals surface area contributed by atoms with Gasteiger partial charge in [-0.05, 0) is 53.9 Å². The van der Waals surface area contributed by atoms with Crippen LogP contribution in [0.4, 0.5) is 0 Å². The number of aliphatic carboxylic acids is 1. The quantitative estimate of drug-likeness (QED) is 0.221. The number of nitrogens with one attached hydrogen (secondary N) is 2. The Hall–Kier alpha value is -3.19. The van der Waals surface area contributed by atoms with Crippen molar-refractivity contribution in [1.29, 1.82) is 0 Å². The minimum absolute atomic E-state index is 0.281. The van der Waals surface area contributed by atoms with Gasteiger partial charge in [-0.3, -0.25) is 4.79 Å². The van der Waals surface area contributed by atoms with Crippen LogP contribution in [0, 0.1) is 0 Å². The van der Waals surface area contributed by atoms with E-state index in [9.17, 15) is 9.90 Å². The third kappa shape index (κ3) is 6.28. The summed E-state index contributed by atoms with van der Waals surface area (Å²) in [5, 5.41) is 15.0. The Kier molecular flexibility index (Phi) is 8.18. The van der Waals surface area contributed by atoms with Gasteiger partial charge in [0.25, 0.3) is 0 Å². The second-order valence-corrected chi connectivity index (χ2v) is 8.94. The summed E-state index contributed by atoms with van der Waals surface area (Å²) < 4.78 is 11.7. The largest absolute Gasteiger partial charge is 0.490 e. The summed E-state index contributed by atoms with van der Waals surface area (Å²) in [6.07, 6.45) is 2.20. The van der Waals surface area contributed by atoms with E-state index in [1.165, 1.54) is 0 Å². The van der Waals surface area contributed by atoms with Gasteiger partial charge in [-0.25, -0.2) is 0 Å². The van der Waals surface area contributed by atoms with Crippen LogP contribution in [-0.4, -0.2) is 28.7 Å². The fourth-order valence-corrected chi connectivity index (χ4v) is 4.42. The number of carboxylic acids is 1. The number of hydrogen-bond acceptors (Lipinski definition) is 4. The lowest BCUT2D eigenvalue weighted by Gasteiger charge is -2.18. The standard InChI is InChI=1S/C27H26Cl2N2O4/c1-2-34-25-12-18(11-22(29)26(25)35-16-17-6-5-7-20(28)10-17)14-30-24(27(32)33)13-19-15-31-23-9-4-3-8-21(19)23/h3-12,15,24,30-31H,2,13-14,16H2,1H3,(H,32,33). The molecule has 1 unspecified atom stereocenters. The monoisotopic (exact) mass is 512 g/mol. The van der Waals surface area contributed by atoms with Crippen molar-refractivity contribution < 1.29 is 19.4 Å². The molecule has 0 bridgehead atoms. The third-order valence-corrected chi connectivity index (χ3v) is 6.11. The van der Waals surface area contributed by atoms with Gasteiger partial charge in [0.05, 0.1) is 11.6 Å². The van der Waals surface area contributed by atoms with Crippen molar-refractivity contribution in [1.82, 2.24) is 10.3 Å². The van der Waals surface area contributed by atoms with Gasteiger partial charge in [-0.15, -0.1) is 0 Å². The van der Waals surface area contributed by atoms with E-state index in [1.807, 2.05) is 61.7 Å². The molecular formula is C27H26Cl2N2O4. The smallest absolute Gasteiger partial charge is 0.321 e. The van der Waals surface area contributed by atoms with E-state index < -0.39 is 12.0 Å². The molecule has 0 amide bonds. The van der Waals surface area contributed by atoms with Gasteiger partial charge >= 0.3 is 5.97 Å². The number of benzene rings is 3. The molecule has 4 rings (SSSR count). The van der Waals surface area contributed by atoms with Crippen molar-refractivity contribution in [2.75, 3.05) is 6.61 Å². The Bertz CT molecular complexity index is 1320. The number of aromatic amines is 1. The van der Waals surface area contributed by atoms with Crippen LogP contribution in [0.25, 0.3) is 10.9 Å². The first-order valence-corrected chi connectivity index (χ1v) is 12.0. The van der Waals surface area contributed by atoms with Crippen molar-refractivity contribution in [3.63, 3.8) is 0 Å². The topological polar surface area (TPSA) is 83.6 Å². The molecular weight excluding hydrogens is 487 g/mol. The number of para-hydroxylation sites is 1. The molecule has 1 atom stereocenters. The highest BCUT2D eigenvalue weighted by Crippen LogP contribution is 2.37. The number of H-pyrrole nitrogens is 1. The van der Waals surface area contributed by atoms with Crippen LogP contribution in [0.2, 0.25) is 10.0 Å². The number of carbonyl (C=O) groups is 1. The maximum atomic E-state index is 12.0. The molecule has 0 aliphatic carbocycles. The van der Waals surface area contributed by atoms with Crippen LogP contribution in [0.1, 0.15) is 23.6 Å². The Balaban J connectivity index is 1.47. The van der Waals surface area contributed by atoms with Crippen molar-refractivity contribution in [3.05, 3.63) is 93.6 Å². The zero-order valence-electron chi connectivity index (χ0n) is 19.2. The molecule has 35 heavy (non-hydrogen) atoms. The molecule has 0 saturated carbocycles. The molecule has 6 nitrogen and oxygen atoms in total. The van der Waals surface area contributed by atoms with Crippen LogP contribution >= 0.6 is 23.2 Å². The van der Waals surface area contributed by atoms with E-state index in [0.29, 0.717) is 41.1 Å². The summed E-state index contributed by atoms with van der Waals surface area (Å²) in [4.78, 5) is 15.2. The molecule has 0 spiro atoms. The van der Waals surface area contributed by atoms with E-state index in [2.05, 4.69) is 10.3 Å². The van der Waals surface area contributed by atoms with E-state index in [1.54, 1.807) is 12.1 Å². The zero-order valence-corrected chi connectivity index (χ0v) is 20.7. The molecule has 1 aromatic heterocycles. The predicted octanol–water partition coefficient (Wildman–Crippen LogP) is 6.24. The normalized spacial score (nSPS) is 12.0. The van der Waals surface area contributed by atoms with Gasteiger partial charge in [0.2, 0.25) is 0 Å². The molecule has 4 aromatic rings. The van der Waals surface area contributed by atoms with Gasteiger partial charge < -0.3 is 24.9 Å². The second-order valence-electron chi connectivity index (χ2n) is 8.09. The van der Waals surface area contributed by atoms with Crippen LogP contribution in [0.3, 0.4) is 0 Å². The minimum atomic E-state index is -0.923. The highest BCUT2D eigenvalue weighted by atomic mass is 35.5. The van der Waals surface area contributed by atoms with Crippen molar-refractivity contribution in [2.45, 2.75) is 32.5 Å². The lowest BCUT2D eigenvalue weighted by molar-refractivity contribution is -0.139. The van der Waals surface area contributed by atoms with Crippen molar-refractivity contribution in [2.24, 2.45) is 0 Å². The number of carboxylic acid groups (broad SMARTS) is 1. The van der Waals surface area contributed by atoms with Crippen LogP contribution in [-0.2, 0) is 24.4 Å². The molecule has 182 valence electrons. The summed E-state index contributed by atoms with van der Waals surface area (Å²) in [7, 11) is 0. The fraction of sp³-hybridized carbons (Fsp3) is 0.222. The first-order valence-electron chi connectivity index (χ1n) is 11.3. The predicted molar refractivity (Wildman–Crippen MR) is 139 cm³/mol. The number of halogens is 2. The molecule has 0 saturated heterocycles. The fourth-order valence-electron chi connectivity index (χ4n) is 3.92. The van der Waals surface area contributed by atoms with Crippen LogP contribution < -0.4 is 14.8 Å². The number of ether oxygens (including phenoxy) is 2. The molecule has 0 aliphatic heterocycles.